The predicted octanol–water partition coefficient (Wildman–Crippen LogP) is 3.26. The predicted molar refractivity (Wildman–Crippen MR) is 80.8 cm³/mol. The molecule has 0 aliphatic rings. The number of primary amides is 1. The van der Waals surface area contributed by atoms with Crippen LogP contribution in [0.3, 0.4) is 0 Å². The van der Waals surface area contributed by atoms with Gasteiger partial charge in [-0.2, -0.15) is 28.6 Å². The highest BCUT2D eigenvalue weighted by atomic mass is 19.4. The Morgan fingerprint density at radius 2 is 1.71 bits per heavy atom. The molecule has 0 radical (unpaired) electrons. The lowest BCUT2D eigenvalue weighted by atomic mass is 9.95. The number of halogens is 3. The van der Waals surface area contributed by atoms with Gasteiger partial charge < -0.3 is 5.73 Å². The molecule has 0 bridgehead atoms. The van der Waals surface area contributed by atoms with Crippen molar-refractivity contribution in [3.8, 4) is 22.4 Å². The SMILES string of the molecule is NC(=O)c1n[nH]nc1-c1ccccc1-c1cccc(C(F)(F)F)c1. The minimum absolute atomic E-state index is 0.0746. The first kappa shape index (κ1) is 15.7. The molecule has 0 spiro atoms. The topological polar surface area (TPSA) is 84.7 Å². The van der Waals surface area contributed by atoms with E-state index in [2.05, 4.69) is 15.4 Å². The molecule has 24 heavy (non-hydrogen) atoms. The van der Waals surface area contributed by atoms with Gasteiger partial charge in [-0.3, -0.25) is 4.79 Å². The van der Waals surface area contributed by atoms with E-state index in [1.165, 1.54) is 6.07 Å². The largest absolute Gasteiger partial charge is 0.416 e. The maximum Gasteiger partial charge on any atom is 0.416 e. The van der Waals surface area contributed by atoms with Crippen LogP contribution in [0.1, 0.15) is 16.1 Å². The molecule has 0 saturated heterocycles. The van der Waals surface area contributed by atoms with Crippen molar-refractivity contribution < 1.29 is 18.0 Å². The van der Waals surface area contributed by atoms with E-state index in [0.717, 1.165) is 12.1 Å². The number of hydrogen-bond acceptors (Lipinski definition) is 3. The van der Waals surface area contributed by atoms with Gasteiger partial charge in [0.05, 0.1) is 5.56 Å². The van der Waals surface area contributed by atoms with E-state index in [1.54, 1.807) is 30.3 Å². The molecule has 1 amide bonds. The van der Waals surface area contributed by atoms with Crippen LogP contribution in [0.5, 0.6) is 0 Å². The van der Waals surface area contributed by atoms with Gasteiger partial charge in [-0.25, -0.2) is 0 Å². The number of nitrogens with two attached hydrogens (primary N) is 1. The van der Waals surface area contributed by atoms with Crippen molar-refractivity contribution in [1.29, 1.82) is 0 Å². The summed E-state index contributed by atoms with van der Waals surface area (Å²) in [5.74, 6) is -0.780. The molecular weight excluding hydrogens is 321 g/mol. The Hall–Kier alpha value is -3.16. The quantitative estimate of drug-likeness (QED) is 0.772. The molecule has 5 nitrogen and oxygen atoms in total. The van der Waals surface area contributed by atoms with E-state index in [1.807, 2.05) is 0 Å². The Balaban J connectivity index is 2.18. The summed E-state index contributed by atoms with van der Waals surface area (Å²) in [5.41, 5.74) is 5.90. The van der Waals surface area contributed by atoms with Crippen LogP contribution in [0.4, 0.5) is 13.2 Å². The molecule has 0 aliphatic carbocycles. The average molecular weight is 332 g/mol. The summed E-state index contributed by atoms with van der Waals surface area (Å²) >= 11 is 0. The number of nitrogens with one attached hydrogen (secondary N) is 1. The lowest BCUT2D eigenvalue weighted by molar-refractivity contribution is -0.137. The van der Waals surface area contributed by atoms with Crippen LogP contribution in [0.2, 0.25) is 0 Å². The highest BCUT2D eigenvalue weighted by molar-refractivity contribution is 5.98. The number of H-pyrrole nitrogens is 1. The van der Waals surface area contributed by atoms with E-state index in [0.29, 0.717) is 16.7 Å². The number of aromatic amines is 1. The molecule has 0 saturated carbocycles. The average Bonchev–Trinajstić information content (AvgIpc) is 3.04. The van der Waals surface area contributed by atoms with Gasteiger partial charge in [0.2, 0.25) is 0 Å². The number of carbonyl (C=O) groups is 1. The summed E-state index contributed by atoms with van der Waals surface area (Å²) in [6.45, 7) is 0. The summed E-state index contributed by atoms with van der Waals surface area (Å²) in [7, 11) is 0. The first-order valence-corrected chi connectivity index (χ1v) is 6.85. The third-order valence-corrected chi connectivity index (χ3v) is 3.46. The summed E-state index contributed by atoms with van der Waals surface area (Å²) in [6, 6.07) is 11.6. The molecule has 8 heteroatoms. The minimum atomic E-state index is -4.45. The summed E-state index contributed by atoms with van der Waals surface area (Å²) in [6.07, 6.45) is -4.45. The van der Waals surface area contributed by atoms with Gasteiger partial charge >= 0.3 is 6.18 Å². The molecular formula is C16H11F3N4O. The molecule has 0 fully saturated rings. The second-order valence-corrected chi connectivity index (χ2v) is 5.01. The molecule has 122 valence electrons. The fourth-order valence-electron chi connectivity index (χ4n) is 2.39. The van der Waals surface area contributed by atoms with Crippen LogP contribution < -0.4 is 5.73 Å². The van der Waals surface area contributed by atoms with Crippen molar-refractivity contribution in [3.05, 3.63) is 59.8 Å². The van der Waals surface area contributed by atoms with E-state index >= 15 is 0 Å². The Morgan fingerprint density at radius 3 is 2.38 bits per heavy atom. The molecule has 0 aliphatic heterocycles. The van der Waals surface area contributed by atoms with Crippen LogP contribution in [0.15, 0.2) is 48.5 Å². The van der Waals surface area contributed by atoms with E-state index in [4.69, 9.17) is 5.73 Å². The smallest absolute Gasteiger partial charge is 0.364 e. The number of hydrogen-bond donors (Lipinski definition) is 2. The normalized spacial score (nSPS) is 11.5. The second-order valence-electron chi connectivity index (χ2n) is 5.01. The molecule has 2 aromatic carbocycles. The van der Waals surface area contributed by atoms with Gasteiger partial charge in [-0.15, -0.1) is 0 Å². The number of nitrogens with zero attached hydrogens (tertiary/aromatic N) is 2. The van der Waals surface area contributed by atoms with Crippen LogP contribution >= 0.6 is 0 Å². The Kier molecular flexibility index (Phi) is 3.80. The first-order chi connectivity index (χ1) is 11.4. The van der Waals surface area contributed by atoms with Gasteiger partial charge in [-0.1, -0.05) is 36.4 Å². The number of aromatic nitrogens is 3. The van der Waals surface area contributed by atoms with Crippen molar-refractivity contribution in [3.63, 3.8) is 0 Å². The molecule has 1 heterocycles. The van der Waals surface area contributed by atoms with E-state index in [9.17, 15) is 18.0 Å². The van der Waals surface area contributed by atoms with Crippen molar-refractivity contribution in [2.24, 2.45) is 5.73 Å². The Labute approximate surface area is 134 Å². The van der Waals surface area contributed by atoms with Gasteiger partial charge in [0.25, 0.3) is 5.91 Å². The molecule has 0 unspecified atom stereocenters. The lowest BCUT2D eigenvalue weighted by Crippen LogP contribution is -2.13. The van der Waals surface area contributed by atoms with Gasteiger partial charge in [0.1, 0.15) is 5.69 Å². The first-order valence-electron chi connectivity index (χ1n) is 6.85. The number of amides is 1. The van der Waals surface area contributed by atoms with Gasteiger partial charge in [-0.05, 0) is 23.3 Å². The second kappa shape index (κ2) is 5.80. The highest BCUT2D eigenvalue weighted by Gasteiger charge is 2.30. The van der Waals surface area contributed by atoms with Crippen molar-refractivity contribution >= 4 is 5.91 Å². The monoisotopic (exact) mass is 332 g/mol. The summed E-state index contributed by atoms with van der Waals surface area (Å²) in [5, 5.41) is 9.91. The number of carbonyl (C=O) groups excluding carboxylic acids is 1. The summed E-state index contributed by atoms with van der Waals surface area (Å²) < 4.78 is 38.8. The maximum atomic E-state index is 12.9. The van der Waals surface area contributed by atoms with Gasteiger partial charge in [0.15, 0.2) is 5.69 Å². The van der Waals surface area contributed by atoms with Gasteiger partial charge in [0, 0.05) is 5.56 Å². The standard InChI is InChI=1S/C16H11F3N4O/c17-16(18,19)10-5-3-4-9(8-10)11-6-1-2-7-12(11)13-14(15(20)24)22-23-21-13/h1-8H,(H2,20,24)(H,21,22,23). The number of alkyl halides is 3. The fraction of sp³-hybridized carbons (Fsp3) is 0.0625. The third kappa shape index (κ3) is 2.85. The zero-order chi connectivity index (χ0) is 17.3. The molecule has 3 rings (SSSR count). The third-order valence-electron chi connectivity index (χ3n) is 3.46. The maximum absolute atomic E-state index is 12.9. The van der Waals surface area contributed by atoms with Crippen LogP contribution in [-0.4, -0.2) is 21.3 Å². The lowest BCUT2D eigenvalue weighted by Gasteiger charge is -2.11. The molecule has 3 N–H and O–H groups in total. The Morgan fingerprint density at radius 1 is 1.00 bits per heavy atom. The molecule has 0 atom stereocenters. The van der Waals surface area contributed by atoms with Crippen LogP contribution in [-0.2, 0) is 6.18 Å². The molecule has 1 aromatic heterocycles. The van der Waals surface area contributed by atoms with Crippen LogP contribution in [0.25, 0.3) is 22.4 Å². The van der Waals surface area contributed by atoms with E-state index < -0.39 is 17.6 Å². The zero-order valence-corrected chi connectivity index (χ0v) is 12.1. The molecule has 3 aromatic rings. The zero-order valence-electron chi connectivity index (χ0n) is 12.1. The van der Waals surface area contributed by atoms with Crippen molar-refractivity contribution in [1.82, 2.24) is 15.4 Å². The summed E-state index contributed by atoms with van der Waals surface area (Å²) in [4.78, 5) is 11.4. The van der Waals surface area contributed by atoms with Crippen molar-refractivity contribution in [2.45, 2.75) is 6.18 Å². The minimum Gasteiger partial charge on any atom is -0.364 e. The highest BCUT2D eigenvalue weighted by Crippen LogP contribution is 2.36. The Bertz CT molecular complexity index is 902. The fourth-order valence-corrected chi connectivity index (χ4v) is 2.39. The van der Waals surface area contributed by atoms with E-state index in [-0.39, 0.29) is 11.4 Å². The van der Waals surface area contributed by atoms with Crippen molar-refractivity contribution in [2.75, 3.05) is 0 Å². The van der Waals surface area contributed by atoms with Crippen LogP contribution in [0, 0.1) is 0 Å². The number of rotatable bonds is 3. The number of benzene rings is 2.